The molecule has 0 unspecified atom stereocenters. The predicted octanol–water partition coefficient (Wildman–Crippen LogP) is 4.33. The van der Waals surface area contributed by atoms with Crippen LogP contribution in [0.4, 0.5) is 5.69 Å². The third-order valence-corrected chi connectivity index (χ3v) is 5.24. The van der Waals surface area contributed by atoms with Gasteiger partial charge in [0.2, 0.25) is 0 Å². The fraction of sp³-hybridized carbons (Fsp3) is 0.300. The van der Waals surface area contributed by atoms with E-state index in [-0.39, 0.29) is 0 Å². The van der Waals surface area contributed by atoms with Crippen molar-refractivity contribution in [1.29, 1.82) is 0 Å². The summed E-state index contributed by atoms with van der Waals surface area (Å²) in [6.07, 6.45) is 0. The fourth-order valence-corrected chi connectivity index (χ4v) is 3.63. The average molecular weight is 369 g/mol. The van der Waals surface area contributed by atoms with Gasteiger partial charge < -0.3 is 14.2 Å². The van der Waals surface area contributed by atoms with Crippen molar-refractivity contribution in [3.05, 3.63) is 54.1 Å². The molecule has 0 aliphatic heterocycles. The molecular formula is C20H24N4OS. The molecule has 2 aromatic carbocycles. The van der Waals surface area contributed by atoms with Crippen LogP contribution >= 0.6 is 11.8 Å². The highest BCUT2D eigenvalue weighted by atomic mass is 32.2. The summed E-state index contributed by atoms with van der Waals surface area (Å²) in [5.74, 6) is 2.63. The molecule has 0 fully saturated rings. The summed E-state index contributed by atoms with van der Waals surface area (Å²) in [6.45, 7) is 2.96. The van der Waals surface area contributed by atoms with Crippen LogP contribution in [0.1, 0.15) is 12.5 Å². The number of thioether (sulfide) groups is 1. The second kappa shape index (κ2) is 8.27. The minimum Gasteiger partial charge on any atom is -0.497 e. The summed E-state index contributed by atoms with van der Waals surface area (Å²) in [5.41, 5.74) is 3.49. The van der Waals surface area contributed by atoms with Gasteiger partial charge >= 0.3 is 0 Å². The standard InChI is InChI=1S/C20H24N4OS/c1-5-24-19(16-8-10-17(11-9-16)23(2)3)21-22-20(24)26-14-15-6-12-18(25-4)13-7-15/h6-13H,5,14H2,1-4H3. The van der Waals surface area contributed by atoms with Gasteiger partial charge in [-0.3, -0.25) is 0 Å². The maximum atomic E-state index is 5.21. The molecule has 0 saturated carbocycles. The Hall–Kier alpha value is -2.47. The van der Waals surface area contributed by atoms with Crippen molar-refractivity contribution < 1.29 is 4.74 Å². The average Bonchev–Trinajstić information content (AvgIpc) is 3.09. The summed E-state index contributed by atoms with van der Waals surface area (Å²) < 4.78 is 7.37. The Morgan fingerprint density at radius 1 is 1.00 bits per heavy atom. The fourth-order valence-electron chi connectivity index (χ4n) is 2.67. The van der Waals surface area contributed by atoms with Crippen molar-refractivity contribution >= 4 is 17.4 Å². The first kappa shape index (κ1) is 18.3. The van der Waals surface area contributed by atoms with E-state index in [1.807, 2.05) is 26.2 Å². The number of ether oxygens (including phenoxy) is 1. The summed E-state index contributed by atoms with van der Waals surface area (Å²) in [7, 11) is 5.76. The molecule has 26 heavy (non-hydrogen) atoms. The molecule has 0 amide bonds. The van der Waals surface area contributed by atoms with Gasteiger partial charge in [-0.25, -0.2) is 0 Å². The highest BCUT2D eigenvalue weighted by Crippen LogP contribution is 2.27. The molecule has 0 N–H and O–H groups in total. The number of aromatic nitrogens is 3. The Kier molecular flexibility index (Phi) is 5.83. The van der Waals surface area contributed by atoms with Crippen molar-refractivity contribution in [3.8, 4) is 17.1 Å². The van der Waals surface area contributed by atoms with Crippen molar-refractivity contribution in [3.63, 3.8) is 0 Å². The number of nitrogens with zero attached hydrogens (tertiary/aromatic N) is 4. The van der Waals surface area contributed by atoms with Crippen molar-refractivity contribution in [2.75, 3.05) is 26.1 Å². The molecule has 3 rings (SSSR count). The van der Waals surface area contributed by atoms with E-state index in [2.05, 4.69) is 63.0 Å². The highest BCUT2D eigenvalue weighted by molar-refractivity contribution is 7.98. The monoisotopic (exact) mass is 368 g/mol. The molecule has 0 spiro atoms. The van der Waals surface area contributed by atoms with Gasteiger partial charge in [-0.05, 0) is 48.9 Å². The van der Waals surface area contributed by atoms with E-state index < -0.39 is 0 Å². The lowest BCUT2D eigenvalue weighted by atomic mass is 10.2. The molecule has 0 bridgehead atoms. The molecule has 0 atom stereocenters. The topological polar surface area (TPSA) is 43.2 Å². The van der Waals surface area contributed by atoms with Gasteiger partial charge in [0.1, 0.15) is 5.75 Å². The Balaban J connectivity index is 1.76. The van der Waals surface area contributed by atoms with Crippen LogP contribution in [0.3, 0.4) is 0 Å². The van der Waals surface area contributed by atoms with Crippen molar-refractivity contribution in [1.82, 2.24) is 14.8 Å². The number of hydrogen-bond acceptors (Lipinski definition) is 5. The zero-order valence-corrected chi connectivity index (χ0v) is 16.5. The molecule has 0 aliphatic rings. The molecule has 0 radical (unpaired) electrons. The lowest BCUT2D eigenvalue weighted by molar-refractivity contribution is 0.414. The molecule has 0 aliphatic carbocycles. The van der Waals surface area contributed by atoms with E-state index >= 15 is 0 Å². The Morgan fingerprint density at radius 3 is 2.27 bits per heavy atom. The number of hydrogen-bond donors (Lipinski definition) is 0. The van der Waals surface area contributed by atoms with Crippen LogP contribution in [0.2, 0.25) is 0 Å². The van der Waals surface area contributed by atoms with E-state index in [1.165, 1.54) is 11.3 Å². The van der Waals surface area contributed by atoms with E-state index in [9.17, 15) is 0 Å². The van der Waals surface area contributed by atoms with Gasteiger partial charge in [0.15, 0.2) is 11.0 Å². The van der Waals surface area contributed by atoms with Crippen LogP contribution < -0.4 is 9.64 Å². The summed E-state index contributed by atoms with van der Waals surface area (Å²) in [4.78, 5) is 2.09. The predicted molar refractivity (Wildman–Crippen MR) is 108 cm³/mol. The van der Waals surface area contributed by atoms with Crippen LogP contribution in [0.5, 0.6) is 5.75 Å². The molecular weight excluding hydrogens is 344 g/mol. The minimum absolute atomic E-state index is 0.836. The normalized spacial score (nSPS) is 10.8. The molecule has 6 heteroatoms. The van der Waals surface area contributed by atoms with Crippen LogP contribution in [0.25, 0.3) is 11.4 Å². The first-order chi connectivity index (χ1) is 12.6. The maximum Gasteiger partial charge on any atom is 0.191 e. The van der Waals surface area contributed by atoms with Gasteiger partial charge in [0, 0.05) is 37.6 Å². The molecule has 0 saturated heterocycles. The zero-order valence-electron chi connectivity index (χ0n) is 15.6. The van der Waals surface area contributed by atoms with Crippen LogP contribution in [-0.2, 0) is 12.3 Å². The number of rotatable bonds is 7. The largest absolute Gasteiger partial charge is 0.497 e. The third kappa shape index (κ3) is 4.02. The van der Waals surface area contributed by atoms with Crippen molar-refractivity contribution in [2.45, 2.75) is 24.4 Å². The second-order valence-electron chi connectivity index (χ2n) is 6.13. The van der Waals surface area contributed by atoms with Crippen LogP contribution in [0.15, 0.2) is 53.7 Å². The summed E-state index contributed by atoms with van der Waals surface area (Å²) >= 11 is 1.70. The maximum absolute atomic E-state index is 5.21. The van der Waals surface area contributed by atoms with Gasteiger partial charge in [-0.2, -0.15) is 0 Å². The first-order valence-corrected chi connectivity index (χ1v) is 9.57. The number of methoxy groups -OCH3 is 1. The number of benzene rings is 2. The van der Waals surface area contributed by atoms with E-state index in [0.717, 1.165) is 34.6 Å². The van der Waals surface area contributed by atoms with Gasteiger partial charge in [-0.1, -0.05) is 23.9 Å². The lowest BCUT2D eigenvalue weighted by Gasteiger charge is -2.13. The van der Waals surface area contributed by atoms with Gasteiger partial charge in [-0.15, -0.1) is 10.2 Å². The third-order valence-electron chi connectivity index (χ3n) is 4.20. The quantitative estimate of drug-likeness (QED) is 0.581. The van der Waals surface area contributed by atoms with Crippen LogP contribution in [-0.4, -0.2) is 36.0 Å². The lowest BCUT2D eigenvalue weighted by Crippen LogP contribution is -2.08. The van der Waals surface area contributed by atoms with Crippen LogP contribution in [0, 0.1) is 0 Å². The number of anilines is 1. The Morgan fingerprint density at radius 2 is 1.69 bits per heavy atom. The SMILES string of the molecule is CCn1c(SCc2ccc(OC)cc2)nnc1-c1ccc(N(C)C)cc1. The van der Waals surface area contributed by atoms with Crippen molar-refractivity contribution in [2.24, 2.45) is 0 Å². The smallest absolute Gasteiger partial charge is 0.191 e. The molecule has 136 valence electrons. The molecule has 3 aromatic rings. The molecule has 5 nitrogen and oxygen atoms in total. The first-order valence-electron chi connectivity index (χ1n) is 8.59. The summed E-state index contributed by atoms with van der Waals surface area (Å²) in [5, 5.41) is 9.78. The van der Waals surface area contributed by atoms with Gasteiger partial charge in [0.05, 0.1) is 7.11 Å². The molecule has 1 heterocycles. The molecule has 1 aromatic heterocycles. The second-order valence-corrected chi connectivity index (χ2v) is 7.07. The highest BCUT2D eigenvalue weighted by Gasteiger charge is 2.13. The zero-order chi connectivity index (χ0) is 18.5. The van der Waals surface area contributed by atoms with E-state index in [4.69, 9.17) is 4.74 Å². The minimum atomic E-state index is 0.836. The Bertz CT molecular complexity index is 841. The summed E-state index contributed by atoms with van der Waals surface area (Å²) in [6, 6.07) is 16.5. The van der Waals surface area contributed by atoms with E-state index in [1.54, 1.807) is 18.9 Å². The van der Waals surface area contributed by atoms with E-state index in [0.29, 0.717) is 0 Å². The van der Waals surface area contributed by atoms with Gasteiger partial charge in [0.25, 0.3) is 0 Å². The Labute approximate surface area is 159 Å².